The number of fused-ring (bicyclic) bond motifs is 1. The normalized spacial score (nSPS) is 26.3. The number of carbonyl (C=O) groups excluding carboxylic acids is 1. The molecule has 0 bridgehead atoms. The number of aromatic nitrogens is 1. The summed E-state index contributed by atoms with van der Waals surface area (Å²) >= 11 is 0. The summed E-state index contributed by atoms with van der Waals surface area (Å²) in [6.07, 6.45) is 7.56. The molecule has 2 aliphatic carbocycles. The van der Waals surface area contributed by atoms with Crippen molar-refractivity contribution in [3.05, 3.63) is 65.7 Å². The maximum Gasteiger partial charge on any atom is 0.310 e. The molecule has 2 aliphatic rings. The van der Waals surface area contributed by atoms with Crippen LogP contribution in [0.5, 0.6) is 0 Å². The summed E-state index contributed by atoms with van der Waals surface area (Å²) in [5.41, 5.74) is 1.63. The maximum absolute atomic E-state index is 13.2. The Morgan fingerprint density at radius 2 is 1.58 bits per heavy atom. The Bertz CT molecular complexity index is 704. The molecule has 2 saturated carbocycles. The fourth-order valence-electron chi connectivity index (χ4n) is 4.04. The van der Waals surface area contributed by atoms with Gasteiger partial charge >= 0.3 is 5.97 Å². The predicted molar refractivity (Wildman–Crippen MR) is 87.5 cm³/mol. The molecular weight excluding hydrogens is 305 g/mol. The van der Waals surface area contributed by atoms with E-state index in [0.29, 0.717) is 11.8 Å². The molecule has 0 radical (unpaired) electrons. The largest absolute Gasteiger partial charge is 0.452 e. The van der Waals surface area contributed by atoms with Crippen LogP contribution in [0.25, 0.3) is 0 Å². The molecule has 3 nitrogen and oxygen atoms in total. The summed E-state index contributed by atoms with van der Waals surface area (Å²) in [4.78, 5) is 16.7. The van der Waals surface area contributed by atoms with Crippen LogP contribution in [0.1, 0.15) is 42.9 Å². The number of pyridine rings is 1. The van der Waals surface area contributed by atoms with Gasteiger partial charge in [0.05, 0.1) is 5.92 Å². The number of halogens is 1. The number of benzene rings is 1. The summed E-state index contributed by atoms with van der Waals surface area (Å²) in [6.45, 7) is 0. The van der Waals surface area contributed by atoms with Crippen LogP contribution in [0.15, 0.2) is 48.8 Å². The summed E-state index contributed by atoms with van der Waals surface area (Å²) < 4.78 is 19.1. The van der Waals surface area contributed by atoms with E-state index in [0.717, 1.165) is 24.0 Å². The molecule has 1 aromatic carbocycles. The lowest BCUT2D eigenvalue weighted by Gasteiger charge is -2.19. The molecule has 2 aromatic rings. The van der Waals surface area contributed by atoms with Crippen LogP contribution < -0.4 is 0 Å². The van der Waals surface area contributed by atoms with Gasteiger partial charge in [-0.2, -0.15) is 0 Å². The molecule has 3 atom stereocenters. The van der Waals surface area contributed by atoms with E-state index >= 15 is 0 Å². The molecule has 0 spiro atoms. The van der Waals surface area contributed by atoms with Gasteiger partial charge in [-0.15, -0.1) is 0 Å². The van der Waals surface area contributed by atoms with E-state index in [4.69, 9.17) is 4.74 Å². The van der Waals surface area contributed by atoms with Crippen molar-refractivity contribution in [2.75, 3.05) is 0 Å². The molecule has 4 heteroatoms. The van der Waals surface area contributed by atoms with Crippen molar-refractivity contribution >= 4 is 5.97 Å². The van der Waals surface area contributed by atoms with E-state index in [1.807, 2.05) is 12.1 Å². The Morgan fingerprint density at radius 3 is 2.21 bits per heavy atom. The molecule has 2 fully saturated rings. The third kappa shape index (κ3) is 2.93. The van der Waals surface area contributed by atoms with E-state index in [-0.39, 0.29) is 17.7 Å². The van der Waals surface area contributed by atoms with E-state index in [1.165, 1.54) is 25.0 Å². The van der Waals surface area contributed by atoms with Gasteiger partial charge in [0, 0.05) is 18.0 Å². The smallest absolute Gasteiger partial charge is 0.310 e. The SMILES string of the molecule is O=C(O[C@H](c1ccncc1)c1ccc(F)cc1)C1[C@@H]2CCCC[C@@H]12. The molecule has 24 heavy (non-hydrogen) atoms. The third-order valence-corrected chi connectivity index (χ3v) is 5.34. The van der Waals surface area contributed by atoms with Gasteiger partial charge in [0.1, 0.15) is 5.82 Å². The zero-order chi connectivity index (χ0) is 16.5. The van der Waals surface area contributed by atoms with Gasteiger partial charge in [0.25, 0.3) is 0 Å². The molecule has 1 heterocycles. The lowest BCUT2D eigenvalue weighted by atomic mass is 10.0. The predicted octanol–water partition coefficient (Wildman–Crippen LogP) is 4.29. The highest BCUT2D eigenvalue weighted by molar-refractivity contribution is 5.77. The molecule has 0 unspecified atom stereocenters. The van der Waals surface area contributed by atoms with Gasteiger partial charge in [-0.05, 0) is 54.5 Å². The number of carbonyl (C=O) groups is 1. The summed E-state index contributed by atoms with van der Waals surface area (Å²) in [7, 11) is 0. The Labute approximate surface area is 140 Å². The Kier molecular flexibility index (Phi) is 4.05. The van der Waals surface area contributed by atoms with Crippen LogP contribution in [0.3, 0.4) is 0 Å². The highest BCUT2D eigenvalue weighted by Gasteiger charge is 2.56. The molecule has 0 amide bonds. The fourth-order valence-corrected chi connectivity index (χ4v) is 4.04. The van der Waals surface area contributed by atoms with Crippen molar-refractivity contribution in [2.24, 2.45) is 17.8 Å². The number of nitrogens with zero attached hydrogens (tertiary/aromatic N) is 1. The molecular formula is C20H20FNO2. The first-order valence-corrected chi connectivity index (χ1v) is 8.60. The number of rotatable bonds is 4. The fraction of sp³-hybridized carbons (Fsp3) is 0.400. The second kappa shape index (κ2) is 6.34. The van der Waals surface area contributed by atoms with E-state index < -0.39 is 6.10 Å². The first kappa shape index (κ1) is 15.3. The Hall–Kier alpha value is -2.23. The van der Waals surface area contributed by atoms with Gasteiger partial charge < -0.3 is 4.74 Å². The second-order valence-corrected chi connectivity index (χ2v) is 6.79. The Morgan fingerprint density at radius 1 is 1.00 bits per heavy atom. The lowest BCUT2D eigenvalue weighted by Crippen LogP contribution is -2.15. The van der Waals surface area contributed by atoms with E-state index in [1.54, 1.807) is 24.5 Å². The lowest BCUT2D eigenvalue weighted by molar-refractivity contribution is -0.149. The van der Waals surface area contributed by atoms with Crippen molar-refractivity contribution in [3.8, 4) is 0 Å². The highest BCUT2D eigenvalue weighted by atomic mass is 19.1. The van der Waals surface area contributed by atoms with Gasteiger partial charge in [0.15, 0.2) is 6.10 Å². The van der Waals surface area contributed by atoms with Gasteiger partial charge in [-0.1, -0.05) is 25.0 Å². The van der Waals surface area contributed by atoms with E-state index in [2.05, 4.69) is 4.98 Å². The molecule has 4 rings (SSSR count). The van der Waals surface area contributed by atoms with E-state index in [9.17, 15) is 9.18 Å². The van der Waals surface area contributed by atoms with Crippen LogP contribution in [-0.4, -0.2) is 11.0 Å². The first-order valence-electron chi connectivity index (χ1n) is 8.60. The zero-order valence-corrected chi connectivity index (χ0v) is 13.4. The van der Waals surface area contributed by atoms with Crippen molar-refractivity contribution in [1.82, 2.24) is 4.98 Å². The molecule has 0 saturated heterocycles. The number of hydrogen-bond acceptors (Lipinski definition) is 3. The molecule has 124 valence electrons. The summed E-state index contributed by atoms with van der Waals surface area (Å²) in [5, 5.41) is 0. The van der Waals surface area contributed by atoms with Crippen molar-refractivity contribution in [3.63, 3.8) is 0 Å². The summed E-state index contributed by atoms with van der Waals surface area (Å²) in [6, 6.07) is 9.81. The summed E-state index contributed by atoms with van der Waals surface area (Å²) in [5.74, 6) is 0.664. The second-order valence-electron chi connectivity index (χ2n) is 6.79. The van der Waals surface area contributed by atoms with Gasteiger partial charge in [-0.3, -0.25) is 9.78 Å². The topological polar surface area (TPSA) is 39.2 Å². The standard InChI is InChI=1S/C20H20FNO2/c21-15-7-5-13(6-8-15)19(14-9-11-22-12-10-14)24-20(23)18-16-3-1-2-4-17(16)18/h5-12,16-19H,1-4H2/t16-,17-,19+/m1/s1. The highest BCUT2D eigenvalue weighted by Crippen LogP contribution is 2.56. The minimum atomic E-state index is -0.510. The van der Waals surface area contributed by atoms with Crippen molar-refractivity contribution in [2.45, 2.75) is 31.8 Å². The average molecular weight is 325 g/mol. The quantitative estimate of drug-likeness (QED) is 0.787. The maximum atomic E-state index is 13.2. The van der Waals surface area contributed by atoms with Crippen molar-refractivity contribution < 1.29 is 13.9 Å². The zero-order valence-electron chi connectivity index (χ0n) is 13.4. The number of hydrogen-bond donors (Lipinski definition) is 0. The minimum Gasteiger partial charge on any atom is -0.452 e. The van der Waals surface area contributed by atoms with Crippen LogP contribution in [0.4, 0.5) is 4.39 Å². The van der Waals surface area contributed by atoms with Crippen molar-refractivity contribution in [1.29, 1.82) is 0 Å². The van der Waals surface area contributed by atoms with Crippen LogP contribution in [0, 0.1) is 23.6 Å². The van der Waals surface area contributed by atoms with Gasteiger partial charge in [0.2, 0.25) is 0 Å². The van der Waals surface area contributed by atoms with Gasteiger partial charge in [-0.25, -0.2) is 4.39 Å². The van der Waals surface area contributed by atoms with Crippen LogP contribution in [-0.2, 0) is 9.53 Å². The molecule has 1 aromatic heterocycles. The average Bonchev–Trinajstić information content (AvgIpc) is 3.36. The molecule has 0 aliphatic heterocycles. The number of esters is 1. The Balaban J connectivity index is 1.56. The monoisotopic (exact) mass is 325 g/mol. The minimum absolute atomic E-state index is 0.0530. The third-order valence-electron chi connectivity index (χ3n) is 5.34. The van der Waals surface area contributed by atoms with Crippen LogP contribution >= 0.6 is 0 Å². The molecule has 0 N–H and O–H groups in total. The van der Waals surface area contributed by atoms with Crippen LogP contribution in [0.2, 0.25) is 0 Å². The first-order chi connectivity index (χ1) is 11.7. The number of ether oxygens (including phenoxy) is 1.